The maximum absolute atomic E-state index is 13.4. The van der Waals surface area contributed by atoms with Crippen LogP contribution in [0.3, 0.4) is 0 Å². The number of hydrogen-bond donors (Lipinski definition) is 2. The van der Waals surface area contributed by atoms with Crippen LogP contribution >= 0.6 is 0 Å². The number of benzene rings is 2. The van der Waals surface area contributed by atoms with Gasteiger partial charge in [-0.3, -0.25) is 14.4 Å². The highest BCUT2D eigenvalue weighted by Gasteiger charge is 2.39. The molecular formula is C29H36N2O5. The minimum Gasteiger partial charge on any atom is -0.445 e. The smallest absolute Gasteiger partial charge is 0.408 e. The lowest BCUT2D eigenvalue weighted by atomic mass is 9.91. The molecule has 1 aliphatic rings. The van der Waals surface area contributed by atoms with Crippen molar-refractivity contribution in [1.29, 1.82) is 0 Å². The Labute approximate surface area is 213 Å². The molecule has 7 heteroatoms. The number of ketones is 2. The average molecular weight is 493 g/mol. The fourth-order valence-electron chi connectivity index (χ4n) is 4.49. The number of alkyl carbamates (subject to hydrolysis) is 1. The third kappa shape index (κ3) is 7.26. The third-order valence-corrected chi connectivity index (χ3v) is 6.40. The minimum absolute atomic E-state index is 0.0879. The zero-order valence-corrected chi connectivity index (χ0v) is 21.3. The molecule has 2 aromatic rings. The van der Waals surface area contributed by atoms with Crippen molar-refractivity contribution in [3.05, 3.63) is 71.3 Å². The number of hydrogen-bond acceptors (Lipinski definition) is 5. The van der Waals surface area contributed by atoms with E-state index in [9.17, 15) is 19.2 Å². The highest BCUT2D eigenvalue weighted by atomic mass is 16.5. The van der Waals surface area contributed by atoms with Crippen molar-refractivity contribution in [3.8, 4) is 0 Å². The van der Waals surface area contributed by atoms with E-state index in [4.69, 9.17) is 4.74 Å². The second kappa shape index (κ2) is 13.0. The van der Waals surface area contributed by atoms with Gasteiger partial charge in [0.1, 0.15) is 12.6 Å². The van der Waals surface area contributed by atoms with Crippen LogP contribution in [0.5, 0.6) is 0 Å². The first kappa shape index (κ1) is 27.1. The molecule has 36 heavy (non-hydrogen) atoms. The summed E-state index contributed by atoms with van der Waals surface area (Å²) in [5.74, 6) is -1.58. The van der Waals surface area contributed by atoms with Gasteiger partial charge in [-0.05, 0) is 36.3 Å². The van der Waals surface area contributed by atoms with Crippen LogP contribution in [0.1, 0.15) is 67.9 Å². The number of nitrogens with one attached hydrogen (secondary N) is 2. The number of Topliss-reactive ketones (excluding diaryl/α,β-unsaturated/α-hetero) is 2. The van der Waals surface area contributed by atoms with E-state index in [1.807, 2.05) is 63.2 Å². The minimum atomic E-state index is -0.860. The van der Waals surface area contributed by atoms with E-state index in [2.05, 4.69) is 10.6 Å². The van der Waals surface area contributed by atoms with Gasteiger partial charge >= 0.3 is 6.09 Å². The van der Waals surface area contributed by atoms with Crippen LogP contribution in [0, 0.1) is 11.8 Å². The van der Waals surface area contributed by atoms with Crippen molar-refractivity contribution in [1.82, 2.24) is 10.6 Å². The summed E-state index contributed by atoms with van der Waals surface area (Å²) in [6, 6.07) is 14.9. The van der Waals surface area contributed by atoms with Crippen LogP contribution in [-0.4, -0.2) is 35.7 Å². The predicted octanol–water partition coefficient (Wildman–Crippen LogP) is 4.63. The second-order valence-electron chi connectivity index (χ2n) is 9.77. The van der Waals surface area contributed by atoms with Crippen LogP contribution in [0.25, 0.3) is 0 Å². The fourth-order valence-corrected chi connectivity index (χ4v) is 4.49. The lowest BCUT2D eigenvalue weighted by molar-refractivity contribution is -0.130. The topological polar surface area (TPSA) is 102 Å². The van der Waals surface area contributed by atoms with Gasteiger partial charge in [0.05, 0.1) is 12.0 Å². The number of carbonyl (C=O) groups is 4. The first-order valence-electron chi connectivity index (χ1n) is 12.7. The third-order valence-electron chi connectivity index (χ3n) is 6.40. The van der Waals surface area contributed by atoms with Crippen LogP contribution in [-0.2, 0) is 27.4 Å². The molecule has 1 unspecified atom stereocenters. The van der Waals surface area contributed by atoms with Crippen molar-refractivity contribution >= 4 is 23.6 Å². The molecule has 0 saturated carbocycles. The van der Waals surface area contributed by atoms with E-state index in [1.54, 1.807) is 12.1 Å². The number of fused-ring (bicyclic) bond motifs is 1. The van der Waals surface area contributed by atoms with E-state index in [1.165, 1.54) is 0 Å². The van der Waals surface area contributed by atoms with Gasteiger partial charge in [0.2, 0.25) is 5.91 Å². The Hall–Kier alpha value is -3.48. The lowest BCUT2D eigenvalue weighted by Gasteiger charge is -2.25. The van der Waals surface area contributed by atoms with Crippen LogP contribution in [0.15, 0.2) is 54.6 Å². The van der Waals surface area contributed by atoms with Crippen molar-refractivity contribution < 1.29 is 23.9 Å². The van der Waals surface area contributed by atoms with Gasteiger partial charge in [-0.25, -0.2) is 4.79 Å². The maximum atomic E-state index is 13.4. The molecule has 2 aromatic carbocycles. The Morgan fingerprint density at radius 1 is 0.972 bits per heavy atom. The van der Waals surface area contributed by atoms with E-state index in [0.29, 0.717) is 24.8 Å². The predicted molar refractivity (Wildman–Crippen MR) is 137 cm³/mol. The number of carbonyl (C=O) groups excluding carboxylic acids is 4. The van der Waals surface area contributed by atoms with Crippen molar-refractivity contribution in [3.63, 3.8) is 0 Å². The standard InChI is InChI=1S/C29H36N2O5/c1-4-5-15-24(27(33)23-17-21-13-9-10-14-22(21)26(23)32)30-28(34)25(16-19(2)3)31-29(35)36-18-20-11-7-6-8-12-20/h6-14,19,23-25H,4-5,15-18H2,1-3H3,(H,30,34)(H,31,35)/t23?,24-,25-/m0/s1. The van der Waals surface area contributed by atoms with Gasteiger partial charge in [-0.2, -0.15) is 0 Å². The van der Waals surface area contributed by atoms with Gasteiger partial charge < -0.3 is 15.4 Å². The summed E-state index contributed by atoms with van der Waals surface area (Å²) in [5, 5.41) is 5.51. The normalized spacial score (nSPS) is 16.2. The Morgan fingerprint density at radius 3 is 2.33 bits per heavy atom. The maximum Gasteiger partial charge on any atom is 0.408 e. The van der Waals surface area contributed by atoms with Crippen molar-refractivity contribution in [2.75, 3.05) is 0 Å². The highest BCUT2D eigenvalue weighted by molar-refractivity contribution is 6.15. The first-order chi connectivity index (χ1) is 17.3. The van der Waals surface area contributed by atoms with Crippen LogP contribution < -0.4 is 10.6 Å². The molecule has 0 aromatic heterocycles. The molecule has 0 saturated heterocycles. The molecular weight excluding hydrogens is 456 g/mol. The number of amides is 2. The summed E-state index contributed by atoms with van der Waals surface area (Å²) in [5.41, 5.74) is 2.28. The molecule has 3 rings (SSSR count). The van der Waals surface area contributed by atoms with E-state index in [0.717, 1.165) is 24.0 Å². The van der Waals surface area contributed by atoms with Gasteiger partial charge in [0, 0.05) is 5.56 Å². The largest absolute Gasteiger partial charge is 0.445 e. The molecule has 0 radical (unpaired) electrons. The number of ether oxygens (including phenoxy) is 1. The van der Waals surface area contributed by atoms with Crippen LogP contribution in [0.4, 0.5) is 4.79 Å². The number of unbranched alkanes of at least 4 members (excludes halogenated alkanes) is 1. The summed E-state index contributed by atoms with van der Waals surface area (Å²) in [6.45, 7) is 5.99. The Kier molecular flexibility index (Phi) is 9.79. The quantitative estimate of drug-likeness (QED) is 0.421. The van der Waals surface area contributed by atoms with Gasteiger partial charge in [-0.15, -0.1) is 0 Å². The van der Waals surface area contributed by atoms with Crippen LogP contribution in [0.2, 0.25) is 0 Å². The zero-order chi connectivity index (χ0) is 26.1. The molecule has 7 nitrogen and oxygen atoms in total. The molecule has 192 valence electrons. The first-order valence-corrected chi connectivity index (χ1v) is 12.7. The van der Waals surface area contributed by atoms with E-state index >= 15 is 0 Å². The zero-order valence-electron chi connectivity index (χ0n) is 21.3. The molecule has 0 fully saturated rings. The van der Waals surface area contributed by atoms with Crippen molar-refractivity contribution in [2.24, 2.45) is 11.8 Å². The SMILES string of the molecule is CCCC[C@H](NC(=O)[C@H](CC(C)C)NC(=O)OCc1ccccc1)C(=O)C1Cc2ccccc2C1=O. The molecule has 1 aliphatic carbocycles. The number of rotatable bonds is 12. The van der Waals surface area contributed by atoms with E-state index < -0.39 is 30.0 Å². The highest BCUT2D eigenvalue weighted by Crippen LogP contribution is 2.28. The Bertz CT molecular complexity index is 1070. The summed E-state index contributed by atoms with van der Waals surface area (Å²) in [4.78, 5) is 52.1. The molecule has 3 atom stereocenters. The Morgan fingerprint density at radius 2 is 1.67 bits per heavy atom. The summed E-state index contributed by atoms with van der Waals surface area (Å²) in [7, 11) is 0. The van der Waals surface area contributed by atoms with Gasteiger partial charge in [0.25, 0.3) is 0 Å². The second-order valence-corrected chi connectivity index (χ2v) is 9.77. The molecule has 0 bridgehead atoms. The monoisotopic (exact) mass is 492 g/mol. The summed E-state index contributed by atoms with van der Waals surface area (Å²) >= 11 is 0. The molecule has 2 amide bonds. The fraction of sp³-hybridized carbons (Fsp3) is 0.448. The molecule has 0 aliphatic heterocycles. The Balaban J connectivity index is 1.67. The molecule has 0 spiro atoms. The molecule has 2 N–H and O–H groups in total. The van der Waals surface area contributed by atoms with Gasteiger partial charge in [-0.1, -0.05) is 88.2 Å². The van der Waals surface area contributed by atoms with Crippen molar-refractivity contribution in [2.45, 2.75) is 71.6 Å². The summed E-state index contributed by atoms with van der Waals surface area (Å²) in [6.07, 6.45) is 2.05. The van der Waals surface area contributed by atoms with Gasteiger partial charge in [0.15, 0.2) is 11.6 Å². The lowest BCUT2D eigenvalue weighted by Crippen LogP contribution is -2.53. The average Bonchev–Trinajstić information content (AvgIpc) is 3.21. The van der Waals surface area contributed by atoms with E-state index in [-0.39, 0.29) is 24.1 Å². The summed E-state index contributed by atoms with van der Waals surface area (Å²) < 4.78 is 5.30. The molecule has 0 heterocycles.